The van der Waals surface area contributed by atoms with Crippen LogP contribution in [0.5, 0.6) is 0 Å². The molecule has 1 aromatic carbocycles. The van der Waals surface area contributed by atoms with E-state index in [2.05, 4.69) is 0 Å². The quantitative estimate of drug-likeness (QED) is 0.787. The van der Waals surface area contributed by atoms with Crippen molar-refractivity contribution in [2.45, 2.75) is 13.5 Å². The van der Waals surface area contributed by atoms with Crippen LogP contribution in [0.25, 0.3) is 6.08 Å². The van der Waals surface area contributed by atoms with E-state index < -0.39 is 0 Å². The number of allylic oxidation sites excluding steroid dienone is 1. The predicted molar refractivity (Wildman–Crippen MR) is 70.9 cm³/mol. The molecule has 1 heterocycles. The highest BCUT2D eigenvalue weighted by Crippen LogP contribution is 2.01. The van der Waals surface area contributed by atoms with Crippen LogP contribution in [0.2, 0.25) is 0 Å². The van der Waals surface area contributed by atoms with E-state index in [4.69, 9.17) is 0 Å². The molecular formula is C15H15NO. The van der Waals surface area contributed by atoms with Gasteiger partial charge in [0.2, 0.25) is 0 Å². The van der Waals surface area contributed by atoms with Gasteiger partial charge in [-0.2, -0.15) is 0 Å². The Hall–Kier alpha value is -2.09. The van der Waals surface area contributed by atoms with Gasteiger partial charge in [-0.25, -0.2) is 0 Å². The smallest absolute Gasteiger partial charge is 0.253 e. The molecule has 0 fully saturated rings. The zero-order valence-electron chi connectivity index (χ0n) is 9.84. The van der Waals surface area contributed by atoms with Gasteiger partial charge in [-0.05, 0) is 18.6 Å². The standard InChI is InChI=1S/C15H15NO/c1-13-7-5-11-16(15(13)17)12-6-10-14-8-3-2-4-9-14/h2-11H,12H2,1H3. The molecule has 0 spiro atoms. The number of rotatable bonds is 3. The maximum atomic E-state index is 11.7. The van der Waals surface area contributed by atoms with Gasteiger partial charge in [0.1, 0.15) is 0 Å². The molecule has 0 aliphatic carbocycles. The number of pyridine rings is 1. The highest BCUT2D eigenvalue weighted by Gasteiger charge is 1.95. The van der Waals surface area contributed by atoms with Crippen molar-refractivity contribution in [2.24, 2.45) is 0 Å². The lowest BCUT2D eigenvalue weighted by atomic mass is 10.2. The zero-order valence-corrected chi connectivity index (χ0v) is 9.84. The van der Waals surface area contributed by atoms with Gasteiger partial charge in [0, 0.05) is 18.3 Å². The molecule has 2 aromatic rings. The average molecular weight is 225 g/mol. The highest BCUT2D eigenvalue weighted by atomic mass is 16.1. The molecule has 0 saturated carbocycles. The van der Waals surface area contributed by atoms with Crippen molar-refractivity contribution in [3.8, 4) is 0 Å². The molecule has 0 aliphatic heterocycles. The second kappa shape index (κ2) is 5.30. The van der Waals surface area contributed by atoms with E-state index in [0.29, 0.717) is 6.54 Å². The Morgan fingerprint density at radius 1 is 1.12 bits per heavy atom. The van der Waals surface area contributed by atoms with Crippen LogP contribution >= 0.6 is 0 Å². The fourth-order valence-electron chi connectivity index (χ4n) is 1.67. The first-order valence-electron chi connectivity index (χ1n) is 5.65. The molecule has 0 N–H and O–H groups in total. The third-order valence-electron chi connectivity index (χ3n) is 2.62. The Morgan fingerprint density at radius 2 is 1.88 bits per heavy atom. The van der Waals surface area contributed by atoms with Crippen LogP contribution in [-0.2, 0) is 6.54 Å². The molecule has 0 saturated heterocycles. The lowest BCUT2D eigenvalue weighted by Crippen LogP contribution is -2.20. The third kappa shape index (κ3) is 2.94. The number of aromatic nitrogens is 1. The van der Waals surface area contributed by atoms with Crippen molar-refractivity contribution < 1.29 is 0 Å². The molecule has 17 heavy (non-hydrogen) atoms. The first-order chi connectivity index (χ1) is 8.27. The fourth-order valence-corrected chi connectivity index (χ4v) is 1.67. The lowest BCUT2D eigenvalue weighted by Gasteiger charge is -2.02. The normalized spacial score (nSPS) is 10.9. The molecule has 2 rings (SSSR count). The van der Waals surface area contributed by atoms with Gasteiger partial charge in [0.05, 0.1) is 0 Å². The van der Waals surface area contributed by atoms with E-state index in [9.17, 15) is 4.79 Å². The summed E-state index contributed by atoms with van der Waals surface area (Å²) >= 11 is 0. The fraction of sp³-hybridized carbons (Fsp3) is 0.133. The molecule has 2 heteroatoms. The second-order valence-electron chi connectivity index (χ2n) is 3.96. The average Bonchev–Trinajstić information content (AvgIpc) is 2.36. The van der Waals surface area contributed by atoms with Crippen molar-refractivity contribution in [1.82, 2.24) is 4.57 Å². The van der Waals surface area contributed by atoms with E-state index in [0.717, 1.165) is 11.1 Å². The second-order valence-corrected chi connectivity index (χ2v) is 3.96. The Bertz CT molecular complexity index is 567. The Morgan fingerprint density at radius 3 is 2.65 bits per heavy atom. The summed E-state index contributed by atoms with van der Waals surface area (Å²) < 4.78 is 1.70. The van der Waals surface area contributed by atoms with Crippen LogP contribution in [0.4, 0.5) is 0 Å². The van der Waals surface area contributed by atoms with Crippen molar-refractivity contribution in [2.75, 3.05) is 0 Å². The predicted octanol–water partition coefficient (Wildman–Crippen LogP) is 2.87. The zero-order chi connectivity index (χ0) is 12.1. The maximum absolute atomic E-state index is 11.7. The topological polar surface area (TPSA) is 22.0 Å². The minimum atomic E-state index is 0.0743. The van der Waals surface area contributed by atoms with E-state index in [1.807, 2.05) is 67.7 Å². The van der Waals surface area contributed by atoms with Gasteiger partial charge >= 0.3 is 0 Å². The van der Waals surface area contributed by atoms with Gasteiger partial charge in [0.25, 0.3) is 5.56 Å². The summed E-state index contributed by atoms with van der Waals surface area (Å²) in [5.74, 6) is 0. The Labute approximate surface area is 101 Å². The molecule has 0 radical (unpaired) electrons. The number of nitrogens with zero attached hydrogens (tertiary/aromatic N) is 1. The third-order valence-corrected chi connectivity index (χ3v) is 2.62. The van der Waals surface area contributed by atoms with Crippen molar-refractivity contribution >= 4 is 6.08 Å². The van der Waals surface area contributed by atoms with Crippen LogP contribution in [0.3, 0.4) is 0 Å². The van der Waals surface area contributed by atoms with Crippen LogP contribution < -0.4 is 5.56 Å². The molecule has 2 nitrogen and oxygen atoms in total. The van der Waals surface area contributed by atoms with E-state index in [1.165, 1.54) is 0 Å². The molecule has 86 valence electrons. The lowest BCUT2D eigenvalue weighted by molar-refractivity contribution is 0.773. The summed E-state index contributed by atoms with van der Waals surface area (Å²) in [6.07, 6.45) is 5.83. The summed E-state index contributed by atoms with van der Waals surface area (Å²) in [7, 11) is 0. The van der Waals surface area contributed by atoms with Crippen molar-refractivity contribution in [1.29, 1.82) is 0 Å². The SMILES string of the molecule is Cc1cccn(CC=Cc2ccccc2)c1=O. The molecule has 0 aliphatic rings. The van der Waals surface area contributed by atoms with E-state index in [-0.39, 0.29) is 5.56 Å². The molecule has 1 aromatic heterocycles. The molecular weight excluding hydrogens is 210 g/mol. The van der Waals surface area contributed by atoms with Gasteiger partial charge in [-0.1, -0.05) is 48.6 Å². The summed E-state index contributed by atoms with van der Waals surface area (Å²) in [6.45, 7) is 2.44. The van der Waals surface area contributed by atoms with Crippen LogP contribution in [-0.4, -0.2) is 4.57 Å². The summed E-state index contributed by atoms with van der Waals surface area (Å²) in [6, 6.07) is 13.8. The number of hydrogen-bond donors (Lipinski definition) is 0. The molecule has 0 unspecified atom stereocenters. The number of aryl methyl sites for hydroxylation is 1. The van der Waals surface area contributed by atoms with Crippen LogP contribution in [0, 0.1) is 6.92 Å². The van der Waals surface area contributed by atoms with Gasteiger partial charge in [-0.3, -0.25) is 4.79 Å². The largest absolute Gasteiger partial charge is 0.311 e. The Kier molecular flexibility index (Phi) is 3.55. The van der Waals surface area contributed by atoms with Crippen LogP contribution in [0.1, 0.15) is 11.1 Å². The van der Waals surface area contributed by atoms with Gasteiger partial charge in [0.15, 0.2) is 0 Å². The maximum Gasteiger partial charge on any atom is 0.253 e. The van der Waals surface area contributed by atoms with Gasteiger partial charge in [-0.15, -0.1) is 0 Å². The first kappa shape index (κ1) is 11.4. The van der Waals surface area contributed by atoms with Crippen molar-refractivity contribution in [3.05, 3.63) is 76.2 Å². The summed E-state index contributed by atoms with van der Waals surface area (Å²) in [4.78, 5) is 11.7. The number of benzene rings is 1. The number of hydrogen-bond acceptors (Lipinski definition) is 1. The van der Waals surface area contributed by atoms with E-state index in [1.54, 1.807) is 4.57 Å². The highest BCUT2D eigenvalue weighted by molar-refractivity contribution is 5.48. The first-order valence-corrected chi connectivity index (χ1v) is 5.65. The van der Waals surface area contributed by atoms with Gasteiger partial charge < -0.3 is 4.57 Å². The monoisotopic (exact) mass is 225 g/mol. The Balaban J connectivity index is 2.11. The van der Waals surface area contributed by atoms with Crippen LogP contribution in [0.15, 0.2) is 59.5 Å². The summed E-state index contributed by atoms with van der Waals surface area (Å²) in [5, 5.41) is 0. The molecule has 0 atom stereocenters. The summed E-state index contributed by atoms with van der Waals surface area (Å²) in [5.41, 5.74) is 2.00. The minimum absolute atomic E-state index is 0.0743. The molecule has 0 amide bonds. The van der Waals surface area contributed by atoms with E-state index >= 15 is 0 Å². The van der Waals surface area contributed by atoms with Crippen molar-refractivity contribution in [3.63, 3.8) is 0 Å². The molecule has 0 bridgehead atoms. The minimum Gasteiger partial charge on any atom is -0.311 e.